The molecular formula is C78H142N18O26. The molecule has 44 nitrogen and oxygen atoms in total. The van der Waals surface area contributed by atoms with Crippen molar-refractivity contribution in [1.82, 2.24) is 87.1 Å². The van der Waals surface area contributed by atoms with E-state index in [1.807, 2.05) is 19.6 Å². The second kappa shape index (κ2) is 74.2. The van der Waals surface area contributed by atoms with Gasteiger partial charge in [0.15, 0.2) is 0 Å². The molecule has 0 rings (SSSR count). The largest absolute Gasteiger partial charge is 0.469 e. The highest BCUT2D eigenvalue weighted by atomic mass is 16.6. The predicted molar refractivity (Wildman–Crippen MR) is 444 cm³/mol. The zero-order chi connectivity index (χ0) is 90.9. The van der Waals surface area contributed by atoms with E-state index >= 15 is 0 Å². The van der Waals surface area contributed by atoms with Gasteiger partial charge in [0, 0.05) is 280 Å². The minimum absolute atomic E-state index is 0.00152. The van der Waals surface area contributed by atoms with E-state index in [0.29, 0.717) is 39.3 Å². The van der Waals surface area contributed by atoms with Crippen LogP contribution in [0.2, 0.25) is 0 Å². The molecule has 11 N–H and O–H groups in total. The second-order valence-corrected chi connectivity index (χ2v) is 27.8. The second-order valence-electron chi connectivity index (χ2n) is 27.8. The molecule has 122 heavy (non-hydrogen) atoms. The van der Waals surface area contributed by atoms with E-state index in [4.69, 9.17) is 48.4 Å². The van der Waals surface area contributed by atoms with Crippen LogP contribution in [0.5, 0.6) is 0 Å². The normalized spacial score (nSPS) is 11.0. The summed E-state index contributed by atoms with van der Waals surface area (Å²) in [6.07, 6.45) is -0.216. The Bertz CT molecular complexity index is 3030. The van der Waals surface area contributed by atoms with E-state index in [1.165, 1.54) is 78.7 Å². The van der Waals surface area contributed by atoms with E-state index in [-0.39, 0.29) is 334 Å². The SMILES string of the molecule is COC(=O)CCNCCNC(=O)CCN(CCC(=O)N(CCNCCC(=O)OC)CCC(=O)OC)CCN(CCC(=O)NCCNCCC(=O)N(CCN)CCC(=O)OC)C(=O)CCN(CCNC(=O)CCN(CCNCCC(=O)OC)CCC(=O)NCCN(CCC(=O)OC)CCC(=O)OC)CCC(=O)NCCN(CCC(=O)OC)CCC(=O)OC. The maximum Gasteiger partial charge on any atom is 0.307 e. The molecule has 0 saturated carbocycles. The summed E-state index contributed by atoms with van der Waals surface area (Å²) in [5, 5.41) is 26.8. The number of methoxy groups -OCH3 is 9. The van der Waals surface area contributed by atoms with Gasteiger partial charge in [-0.2, -0.15) is 0 Å². The molecule has 0 bridgehead atoms. The maximum atomic E-state index is 15.0. The van der Waals surface area contributed by atoms with Gasteiger partial charge in [-0.25, -0.2) is 0 Å². The lowest BCUT2D eigenvalue weighted by Crippen LogP contribution is -2.45. The van der Waals surface area contributed by atoms with E-state index < -0.39 is 65.5 Å². The Balaban J connectivity index is 7.34. The monoisotopic (exact) mass is 1750 g/mol. The quantitative estimate of drug-likeness (QED) is 0.0154. The summed E-state index contributed by atoms with van der Waals surface area (Å²) in [5.74, 6) is -6.95. The van der Waals surface area contributed by atoms with Crippen LogP contribution in [0.25, 0.3) is 0 Å². The standard InChI is InChI=1S/C78H142N18O26/c1-114-70(105)11-29-81-33-35-84-62(97)17-44-93(46-20-68(103)95(53-26-78(113)122-9)59-37-83-31-13-72(107)116-3)60-61-96(51-18-66(101)85-34-32-80-28-10-67(102)94(54-27-79)52-25-77(112)121-8)69(104)19-45-90(43-16-65(100)88-40-58-92(49-23-75(110)119-6)50-24-76(111)120-7)56-38-86-63(98)14-41-89(55-36-82-30-12-71(106)115-2)42-15-64(99)87-39-57-91(47-21-73(108)117-4)48-22-74(109)118-5/h80-83H,10-61,79H2,1-9H3,(H,84,97)(H,85,101)(H,86,98)(H,87,99)(H,88,100). The van der Waals surface area contributed by atoms with Crippen molar-refractivity contribution in [2.45, 2.75) is 109 Å². The van der Waals surface area contributed by atoms with Gasteiger partial charge in [0.1, 0.15) is 0 Å². The van der Waals surface area contributed by atoms with Crippen LogP contribution in [-0.2, 0) is 124 Å². The molecule has 0 radical (unpaired) electrons. The van der Waals surface area contributed by atoms with Gasteiger partial charge in [0.05, 0.1) is 122 Å². The van der Waals surface area contributed by atoms with Gasteiger partial charge in [0.25, 0.3) is 0 Å². The fraction of sp³-hybridized carbons (Fsp3) is 0.782. The fourth-order valence-electron chi connectivity index (χ4n) is 11.6. The molecule has 0 aliphatic heterocycles. The zero-order valence-corrected chi connectivity index (χ0v) is 73.5. The van der Waals surface area contributed by atoms with Gasteiger partial charge in [0.2, 0.25) is 47.3 Å². The fourth-order valence-corrected chi connectivity index (χ4v) is 11.6. The van der Waals surface area contributed by atoms with Crippen molar-refractivity contribution in [2.75, 3.05) is 293 Å². The van der Waals surface area contributed by atoms with Crippen molar-refractivity contribution >= 4 is 101 Å². The number of rotatable bonds is 77. The van der Waals surface area contributed by atoms with E-state index in [1.54, 1.807) is 4.90 Å². The number of amides is 8. The van der Waals surface area contributed by atoms with Gasteiger partial charge in [-0.15, -0.1) is 0 Å². The van der Waals surface area contributed by atoms with Crippen molar-refractivity contribution in [3.8, 4) is 0 Å². The molecule has 0 aromatic heterocycles. The smallest absolute Gasteiger partial charge is 0.307 e. The summed E-state index contributed by atoms with van der Waals surface area (Å²) >= 11 is 0. The Labute approximate surface area is 717 Å². The van der Waals surface area contributed by atoms with Crippen LogP contribution >= 0.6 is 0 Å². The third kappa shape index (κ3) is 62.7. The Morgan fingerprint density at radius 3 is 0.721 bits per heavy atom. The Morgan fingerprint density at radius 1 is 0.189 bits per heavy atom. The number of nitrogens with two attached hydrogens (primary N) is 1. The molecule has 0 aliphatic carbocycles. The summed E-state index contributed by atoms with van der Waals surface area (Å²) < 4.78 is 42.9. The van der Waals surface area contributed by atoms with Crippen molar-refractivity contribution in [3.63, 3.8) is 0 Å². The Morgan fingerprint density at radius 2 is 0.402 bits per heavy atom. The Hall–Kier alpha value is -9.41. The first-order chi connectivity index (χ1) is 58.6. The van der Waals surface area contributed by atoms with Crippen molar-refractivity contribution in [3.05, 3.63) is 0 Å². The highest BCUT2D eigenvalue weighted by molar-refractivity contribution is 5.81. The van der Waals surface area contributed by atoms with Crippen LogP contribution in [0.15, 0.2) is 0 Å². The molecule has 0 spiro atoms. The van der Waals surface area contributed by atoms with Gasteiger partial charge >= 0.3 is 53.7 Å². The molecule has 0 aromatic rings. The summed E-state index contributed by atoms with van der Waals surface area (Å²) in [7, 11) is 11.4. The third-order valence-corrected chi connectivity index (χ3v) is 19.1. The molecule has 0 unspecified atom stereocenters. The van der Waals surface area contributed by atoms with E-state index in [2.05, 4.69) is 47.9 Å². The first kappa shape index (κ1) is 113. The van der Waals surface area contributed by atoms with Crippen LogP contribution in [0, 0.1) is 0 Å². The first-order valence-corrected chi connectivity index (χ1v) is 41.6. The average molecular weight is 1750 g/mol. The zero-order valence-electron chi connectivity index (χ0n) is 73.5. The summed E-state index contributed by atoms with van der Waals surface area (Å²) in [5.41, 5.74) is 5.73. The van der Waals surface area contributed by atoms with Gasteiger partial charge in [-0.3, -0.25) is 81.5 Å². The number of hydrogen-bond acceptors (Lipinski definition) is 36. The van der Waals surface area contributed by atoms with Crippen LogP contribution in [0.3, 0.4) is 0 Å². The van der Waals surface area contributed by atoms with Crippen molar-refractivity contribution in [2.24, 2.45) is 5.73 Å². The summed E-state index contributed by atoms with van der Waals surface area (Å²) in [6, 6.07) is 0. The van der Waals surface area contributed by atoms with Crippen LogP contribution in [0.1, 0.15) is 109 Å². The minimum Gasteiger partial charge on any atom is -0.469 e. The lowest BCUT2D eigenvalue weighted by molar-refractivity contribution is -0.143. The Kier molecular flexibility index (Phi) is 68.5. The van der Waals surface area contributed by atoms with Crippen molar-refractivity contribution < 1.29 is 124 Å². The van der Waals surface area contributed by atoms with Crippen LogP contribution < -0.4 is 53.6 Å². The maximum absolute atomic E-state index is 15.0. The number of nitrogens with one attached hydrogen (secondary N) is 9. The molecule has 0 saturated heterocycles. The number of nitrogens with zero attached hydrogens (tertiary/aromatic N) is 8. The molecular weight excluding hydrogens is 1600 g/mol. The summed E-state index contributed by atoms with van der Waals surface area (Å²) in [6.45, 7) is 6.34. The molecule has 0 aliphatic rings. The lowest BCUT2D eigenvalue weighted by Gasteiger charge is -2.30. The molecule has 8 amide bonds. The summed E-state index contributed by atoms with van der Waals surface area (Å²) in [4.78, 5) is 231. The van der Waals surface area contributed by atoms with Gasteiger partial charge in [-0.05, 0) is 0 Å². The molecule has 0 fully saturated rings. The molecule has 44 heteroatoms. The van der Waals surface area contributed by atoms with E-state index in [0.717, 1.165) is 0 Å². The number of carbonyl (C=O) groups excluding carboxylic acids is 17. The van der Waals surface area contributed by atoms with Gasteiger partial charge in [-0.1, -0.05) is 0 Å². The third-order valence-electron chi connectivity index (χ3n) is 19.1. The first-order valence-electron chi connectivity index (χ1n) is 41.6. The molecule has 0 aromatic carbocycles. The van der Waals surface area contributed by atoms with Crippen LogP contribution in [-0.4, -0.2) is 433 Å². The van der Waals surface area contributed by atoms with Crippen LogP contribution in [0.4, 0.5) is 0 Å². The highest BCUT2D eigenvalue weighted by Gasteiger charge is 2.24. The molecule has 0 atom stereocenters. The minimum atomic E-state index is -0.554. The predicted octanol–water partition coefficient (Wildman–Crippen LogP) is -5.93. The topological polar surface area (TPSA) is 533 Å². The lowest BCUT2D eigenvalue weighted by atomic mass is 10.2. The number of hydrogen-bond donors (Lipinski definition) is 10. The van der Waals surface area contributed by atoms with Crippen molar-refractivity contribution in [1.29, 1.82) is 0 Å². The number of esters is 9. The molecule has 700 valence electrons. The van der Waals surface area contributed by atoms with E-state index in [9.17, 15) is 81.5 Å². The number of ether oxygens (including phenoxy) is 9. The number of carbonyl (C=O) groups is 17. The molecule has 0 heterocycles. The highest BCUT2D eigenvalue weighted by Crippen LogP contribution is 2.09. The van der Waals surface area contributed by atoms with Gasteiger partial charge < -0.3 is 135 Å². The average Bonchev–Trinajstić information content (AvgIpc) is 0.910.